The first kappa shape index (κ1) is 13.9. The van der Waals surface area contributed by atoms with Gasteiger partial charge in [-0.1, -0.05) is 23.2 Å². The molecule has 1 heterocycles. The smallest absolute Gasteiger partial charge is 0.152 e. The SMILES string of the molecule is OC[C@@H](c1cc(Cl)c(O)c(Cl)c1)N1CCNCC1. The van der Waals surface area contributed by atoms with Gasteiger partial charge in [0.25, 0.3) is 0 Å². The zero-order valence-electron chi connectivity index (χ0n) is 9.87. The zero-order chi connectivity index (χ0) is 13.1. The lowest BCUT2D eigenvalue weighted by Gasteiger charge is -2.34. The Morgan fingerprint density at radius 1 is 1.22 bits per heavy atom. The predicted molar refractivity (Wildman–Crippen MR) is 72.4 cm³/mol. The van der Waals surface area contributed by atoms with E-state index in [0.29, 0.717) is 0 Å². The second-order valence-electron chi connectivity index (χ2n) is 4.32. The number of phenolic OH excluding ortho intramolecular Hbond substituents is 1. The van der Waals surface area contributed by atoms with Gasteiger partial charge in [0.15, 0.2) is 5.75 Å². The Hall–Kier alpha value is -0.520. The topological polar surface area (TPSA) is 55.7 Å². The quantitative estimate of drug-likeness (QED) is 0.792. The molecule has 1 aromatic rings. The van der Waals surface area contributed by atoms with Gasteiger partial charge in [0.1, 0.15) is 0 Å². The number of halogens is 2. The third kappa shape index (κ3) is 2.90. The van der Waals surface area contributed by atoms with Gasteiger partial charge in [-0.3, -0.25) is 4.90 Å². The predicted octanol–water partition coefficient (Wildman–Crippen LogP) is 1.64. The molecule has 4 nitrogen and oxygen atoms in total. The fraction of sp³-hybridized carbons (Fsp3) is 0.500. The van der Waals surface area contributed by atoms with Gasteiger partial charge in [-0.05, 0) is 17.7 Å². The minimum Gasteiger partial charge on any atom is -0.505 e. The van der Waals surface area contributed by atoms with Crippen molar-refractivity contribution >= 4 is 23.2 Å². The monoisotopic (exact) mass is 290 g/mol. The molecule has 1 aliphatic rings. The molecular formula is C12H16Cl2N2O2. The number of benzene rings is 1. The van der Waals surface area contributed by atoms with Gasteiger partial charge in [0, 0.05) is 26.2 Å². The summed E-state index contributed by atoms with van der Waals surface area (Å²) in [5.41, 5.74) is 0.826. The van der Waals surface area contributed by atoms with Crippen LogP contribution in [0.3, 0.4) is 0 Å². The van der Waals surface area contributed by atoms with Crippen LogP contribution in [0.2, 0.25) is 10.0 Å². The van der Waals surface area contributed by atoms with Gasteiger partial charge in [0.05, 0.1) is 22.7 Å². The van der Waals surface area contributed by atoms with Crippen LogP contribution in [-0.2, 0) is 0 Å². The van der Waals surface area contributed by atoms with Crippen LogP contribution >= 0.6 is 23.2 Å². The Kier molecular flexibility index (Phi) is 4.70. The van der Waals surface area contributed by atoms with E-state index in [4.69, 9.17) is 23.2 Å². The summed E-state index contributed by atoms with van der Waals surface area (Å²) in [5.74, 6) is -0.112. The molecule has 0 bridgehead atoms. The highest BCUT2D eigenvalue weighted by atomic mass is 35.5. The molecule has 1 aromatic carbocycles. The molecule has 0 radical (unpaired) electrons. The van der Waals surface area contributed by atoms with Crippen LogP contribution in [-0.4, -0.2) is 47.9 Å². The minimum absolute atomic E-state index is 0.00255. The minimum atomic E-state index is -0.136. The normalized spacial score (nSPS) is 18.8. The number of hydrogen-bond acceptors (Lipinski definition) is 4. The van der Waals surface area contributed by atoms with Crippen LogP contribution in [0, 0.1) is 0 Å². The van der Waals surface area contributed by atoms with Crippen molar-refractivity contribution in [3.05, 3.63) is 27.7 Å². The molecule has 100 valence electrons. The third-order valence-corrected chi connectivity index (χ3v) is 3.77. The molecule has 0 spiro atoms. The number of phenols is 1. The van der Waals surface area contributed by atoms with E-state index in [2.05, 4.69) is 10.2 Å². The molecule has 3 N–H and O–H groups in total. The number of nitrogens with zero attached hydrogens (tertiary/aromatic N) is 1. The van der Waals surface area contributed by atoms with Crippen LogP contribution in [0.25, 0.3) is 0 Å². The standard InChI is InChI=1S/C12H16Cl2N2O2/c13-9-5-8(6-10(14)12(9)18)11(7-17)16-3-1-15-2-4-16/h5-6,11,15,17-18H,1-4,7H2/t11-/m0/s1. The van der Waals surface area contributed by atoms with Gasteiger partial charge in [-0.15, -0.1) is 0 Å². The van der Waals surface area contributed by atoms with Crippen LogP contribution in [0.15, 0.2) is 12.1 Å². The number of nitrogens with one attached hydrogen (secondary N) is 1. The number of aromatic hydroxyl groups is 1. The highest BCUT2D eigenvalue weighted by Gasteiger charge is 2.23. The van der Waals surface area contributed by atoms with E-state index < -0.39 is 0 Å². The van der Waals surface area contributed by atoms with Gasteiger partial charge in [-0.2, -0.15) is 0 Å². The molecule has 1 atom stereocenters. The van der Waals surface area contributed by atoms with Gasteiger partial charge in [-0.25, -0.2) is 0 Å². The highest BCUT2D eigenvalue weighted by Crippen LogP contribution is 2.35. The molecule has 0 saturated carbocycles. The average Bonchev–Trinajstić information content (AvgIpc) is 2.38. The second-order valence-corrected chi connectivity index (χ2v) is 5.13. The number of piperazine rings is 1. The van der Waals surface area contributed by atoms with Crippen molar-refractivity contribution in [3.63, 3.8) is 0 Å². The number of rotatable bonds is 3. The summed E-state index contributed by atoms with van der Waals surface area (Å²) in [5, 5.41) is 22.8. The molecule has 1 saturated heterocycles. The summed E-state index contributed by atoms with van der Waals surface area (Å²) >= 11 is 11.8. The first-order chi connectivity index (χ1) is 8.63. The molecule has 0 aliphatic carbocycles. The Labute approximate surface area is 116 Å². The molecule has 6 heteroatoms. The average molecular weight is 291 g/mol. The van der Waals surface area contributed by atoms with Crippen LogP contribution < -0.4 is 5.32 Å². The largest absolute Gasteiger partial charge is 0.505 e. The summed E-state index contributed by atoms with van der Waals surface area (Å²) in [4.78, 5) is 2.18. The Morgan fingerprint density at radius 2 is 1.78 bits per heavy atom. The van der Waals surface area contributed by atoms with E-state index in [9.17, 15) is 10.2 Å². The van der Waals surface area contributed by atoms with Crippen molar-refractivity contribution in [1.82, 2.24) is 10.2 Å². The van der Waals surface area contributed by atoms with Crippen molar-refractivity contribution in [2.24, 2.45) is 0 Å². The highest BCUT2D eigenvalue weighted by molar-refractivity contribution is 6.37. The summed E-state index contributed by atoms with van der Waals surface area (Å²) in [6, 6.07) is 3.18. The first-order valence-electron chi connectivity index (χ1n) is 5.87. The van der Waals surface area contributed by atoms with E-state index in [1.54, 1.807) is 12.1 Å². The molecule has 0 aromatic heterocycles. The maximum atomic E-state index is 9.57. The van der Waals surface area contributed by atoms with Gasteiger partial charge < -0.3 is 15.5 Å². The maximum absolute atomic E-state index is 9.57. The molecule has 2 rings (SSSR count). The van der Waals surface area contributed by atoms with E-state index >= 15 is 0 Å². The summed E-state index contributed by atoms with van der Waals surface area (Å²) < 4.78 is 0. The second kappa shape index (κ2) is 6.08. The molecule has 18 heavy (non-hydrogen) atoms. The van der Waals surface area contributed by atoms with Crippen molar-refractivity contribution in [2.45, 2.75) is 6.04 Å². The van der Waals surface area contributed by atoms with Crippen molar-refractivity contribution in [2.75, 3.05) is 32.8 Å². The lowest BCUT2D eigenvalue weighted by atomic mass is 10.0. The lowest BCUT2D eigenvalue weighted by molar-refractivity contribution is 0.111. The Balaban J connectivity index is 2.26. The molecule has 0 amide bonds. The zero-order valence-corrected chi connectivity index (χ0v) is 11.4. The fourth-order valence-corrected chi connectivity index (χ4v) is 2.71. The molecule has 0 unspecified atom stereocenters. The van der Waals surface area contributed by atoms with E-state index in [-0.39, 0.29) is 28.4 Å². The summed E-state index contributed by atoms with van der Waals surface area (Å²) in [6.45, 7) is 3.52. The van der Waals surface area contributed by atoms with Crippen LogP contribution in [0.1, 0.15) is 11.6 Å². The molecular weight excluding hydrogens is 275 g/mol. The first-order valence-corrected chi connectivity index (χ1v) is 6.62. The third-order valence-electron chi connectivity index (χ3n) is 3.19. The number of aliphatic hydroxyl groups excluding tert-OH is 1. The van der Waals surface area contributed by atoms with Crippen molar-refractivity contribution in [1.29, 1.82) is 0 Å². The molecule has 1 fully saturated rings. The Morgan fingerprint density at radius 3 is 2.28 bits per heavy atom. The summed E-state index contributed by atoms with van der Waals surface area (Å²) in [7, 11) is 0. The van der Waals surface area contributed by atoms with Crippen molar-refractivity contribution < 1.29 is 10.2 Å². The van der Waals surface area contributed by atoms with Crippen molar-refractivity contribution in [3.8, 4) is 5.75 Å². The van der Waals surface area contributed by atoms with E-state index in [0.717, 1.165) is 31.7 Å². The lowest BCUT2D eigenvalue weighted by Crippen LogP contribution is -2.46. The maximum Gasteiger partial charge on any atom is 0.152 e. The number of hydrogen-bond donors (Lipinski definition) is 3. The van der Waals surface area contributed by atoms with Gasteiger partial charge in [0.2, 0.25) is 0 Å². The Bertz CT molecular complexity index is 400. The number of aliphatic hydroxyl groups is 1. The van der Waals surface area contributed by atoms with E-state index in [1.165, 1.54) is 0 Å². The van der Waals surface area contributed by atoms with E-state index in [1.807, 2.05) is 0 Å². The summed E-state index contributed by atoms with van der Waals surface area (Å²) in [6.07, 6.45) is 0. The molecule has 1 aliphatic heterocycles. The van der Waals surface area contributed by atoms with Crippen LogP contribution in [0.5, 0.6) is 5.75 Å². The fourth-order valence-electron chi connectivity index (χ4n) is 2.20. The van der Waals surface area contributed by atoms with Crippen LogP contribution in [0.4, 0.5) is 0 Å². The van der Waals surface area contributed by atoms with Gasteiger partial charge >= 0.3 is 0 Å².